The van der Waals surface area contributed by atoms with Crippen molar-refractivity contribution in [1.29, 1.82) is 5.26 Å². The fourth-order valence-electron chi connectivity index (χ4n) is 1.99. The molecule has 0 aliphatic rings. The van der Waals surface area contributed by atoms with E-state index in [0.29, 0.717) is 16.3 Å². The van der Waals surface area contributed by atoms with E-state index in [9.17, 15) is 4.79 Å². The lowest BCUT2D eigenvalue weighted by atomic mass is 10.1. The highest BCUT2D eigenvalue weighted by molar-refractivity contribution is 6.32. The minimum absolute atomic E-state index is 0.148. The Morgan fingerprint density at radius 1 is 1.29 bits per heavy atom. The van der Waals surface area contributed by atoms with Crippen LogP contribution in [0, 0.1) is 25.2 Å². The molecular formula is C18H16ClN3O2. The van der Waals surface area contributed by atoms with Crippen LogP contribution in [0.15, 0.2) is 41.5 Å². The Balaban J connectivity index is 1.85. The molecule has 122 valence electrons. The van der Waals surface area contributed by atoms with Gasteiger partial charge in [-0.05, 0) is 54.8 Å². The molecule has 1 amide bonds. The lowest BCUT2D eigenvalue weighted by Crippen LogP contribution is -2.24. The molecule has 2 aromatic rings. The number of benzene rings is 2. The Bertz CT molecular complexity index is 785. The van der Waals surface area contributed by atoms with Crippen LogP contribution >= 0.6 is 11.6 Å². The number of ether oxygens (including phenoxy) is 1. The molecule has 0 aliphatic heterocycles. The van der Waals surface area contributed by atoms with Crippen molar-refractivity contribution in [2.24, 2.45) is 5.10 Å². The first-order chi connectivity index (χ1) is 11.5. The summed E-state index contributed by atoms with van der Waals surface area (Å²) in [7, 11) is 0. The molecule has 0 bridgehead atoms. The summed E-state index contributed by atoms with van der Waals surface area (Å²) in [5.41, 5.74) is 5.52. The van der Waals surface area contributed by atoms with Gasteiger partial charge in [0.1, 0.15) is 5.75 Å². The van der Waals surface area contributed by atoms with E-state index in [1.54, 1.807) is 36.4 Å². The Morgan fingerprint density at radius 2 is 1.92 bits per heavy atom. The van der Waals surface area contributed by atoms with E-state index in [4.69, 9.17) is 21.6 Å². The molecular weight excluding hydrogens is 326 g/mol. The lowest BCUT2D eigenvalue weighted by Gasteiger charge is -2.09. The van der Waals surface area contributed by atoms with Crippen LogP contribution in [0.1, 0.15) is 22.3 Å². The van der Waals surface area contributed by atoms with Crippen molar-refractivity contribution < 1.29 is 9.53 Å². The molecule has 2 rings (SSSR count). The van der Waals surface area contributed by atoms with Crippen LogP contribution in [0.3, 0.4) is 0 Å². The minimum Gasteiger partial charge on any atom is -0.484 e. The summed E-state index contributed by atoms with van der Waals surface area (Å²) < 4.78 is 5.44. The third-order valence-corrected chi connectivity index (χ3v) is 3.82. The number of carbonyl (C=O) groups is 1. The summed E-state index contributed by atoms with van der Waals surface area (Å²) in [5, 5.41) is 13.3. The van der Waals surface area contributed by atoms with Crippen molar-refractivity contribution in [2.45, 2.75) is 13.8 Å². The average Bonchev–Trinajstić information content (AvgIpc) is 2.58. The molecule has 24 heavy (non-hydrogen) atoms. The van der Waals surface area contributed by atoms with E-state index in [2.05, 4.69) is 10.5 Å². The van der Waals surface area contributed by atoms with Gasteiger partial charge in [-0.25, -0.2) is 5.43 Å². The number of carbonyl (C=O) groups excluding carboxylic acids is 1. The van der Waals surface area contributed by atoms with Crippen LogP contribution in [0.2, 0.25) is 5.02 Å². The Hall–Kier alpha value is -2.84. The Morgan fingerprint density at radius 3 is 2.50 bits per heavy atom. The van der Waals surface area contributed by atoms with Gasteiger partial charge < -0.3 is 4.74 Å². The number of nitrogens with one attached hydrogen (secondary N) is 1. The van der Waals surface area contributed by atoms with Crippen molar-refractivity contribution in [3.8, 4) is 11.8 Å². The third kappa shape index (κ3) is 4.83. The van der Waals surface area contributed by atoms with Gasteiger partial charge in [0, 0.05) is 5.02 Å². The average molecular weight is 342 g/mol. The van der Waals surface area contributed by atoms with Crippen molar-refractivity contribution in [3.63, 3.8) is 0 Å². The third-order valence-electron chi connectivity index (χ3n) is 3.22. The van der Waals surface area contributed by atoms with Crippen molar-refractivity contribution in [1.82, 2.24) is 5.43 Å². The first-order valence-electron chi connectivity index (χ1n) is 7.21. The fourth-order valence-corrected chi connectivity index (χ4v) is 2.10. The summed E-state index contributed by atoms with van der Waals surface area (Å²) in [6.07, 6.45) is 1.50. The number of rotatable bonds is 5. The normalized spacial score (nSPS) is 10.4. The molecule has 0 aromatic heterocycles. The van der Waals surface area contributed by atoms with E-state index in [1.165, 1.54) is 6.21 Å². The van der Waals surface area contributed by atoms with Crippen molar-refractivity contribution in [3.05, 3.63) is 63.7 Å². The predicted molar refractivity (Wildman–Crippen MR) is 93.3 cm³/mol. The second-order valence-corrected chi connectivity index (χ2v) is 5.56. The summed E-state index contributed by atoms with van der Waals surface area (Å²) >= 11 is 6.09. The summed E-state index contributed by atoms with van der Waals surface area (Å²) in [6, 6.07) is 12.4. The van der Waals surface area contributed by atoms with Gasteiger partial charge in [0.2, 0.25) is 0 Å². The zero-order valence-corrected chi connectivity index (χ0v) is 14.1. The molecule has 0 fully saturated rings. The molecule has 0 atom stereocenters. The van der Waals surface area contributed by atoms with E-state index in [-0.39, 0.29) is 12.5 Å². The highest BCUT2D eigenvalue weighted by atomic mass is 35.5. The quantitative estimate of drug-likeness (QED) is 0.669. The largest absolute Gasteiger partial charge is 0.484 e. The standard InChI is InChI=1S/C18H16ClN3O2/c1-12-7-16(8-13(2)18(12)19)24-11-17(23)22-21-10-15-5-3-14(9-20)4-6-15/h3-8,10H,11H2,1-2H3,(H,22,23)/b21-10+. The van der Waals surface area contributed by atoms with Gasteiger partial charge in [-0.1, -0.05) is 23.7 Å². The molecule has 0 spiro atoms. The van der Waals surface area contributed by atoms with Crippen LogP contribution in [0.5, 0.6) is 5.75 Å². The first kappa shape index (κ1) is 17.5. The summed E-state index contributed by atoms with van der Waals surface area (Å²) in [4.78, 5) is 11.7. The first-order valence-corrected chi connectivity index (χ1v) is 7.59. The second kappa shape index (κ2) is 8.14. The number of halogens is 1. The number of hydrazone groups is 1. The Kier molecular flexibility index (Phi) is 5.94. The van der Waals surface area contributed by atoms with Gasteiger partial charge in [0.25, 0.3) is 5.91 Å². The van der Waals surface area contributed by atoms with E-state index < -0.39 is 0 Å². The zero-order valence-electron chi connectivity index (χ0n) is 13.3. The van der Waals surface area contributed by atoms with Crippen LogP contribution in [-0.4, -0.2) is 18.7 Å². The molecule has 2 aromatic carbocycles. The van der Waals surface area contributed by atoms with E-state index >= 15 is 0 Å². The maximum atomic E-state index is 11.7. The number of hydrogen-bond acceptors (Lipinski definition) is 4. The van der Waals surface area contributed by atoms with Gasteiger partial charge in [-0.2, -0.15) is 10.4 Å². The Labute approximate surface area is 145 Å². The van der Waals surface area contributed by atoms with Crippen LogP contribution < -0.4 is 10.2 Å². The fraction of sp³-hybridized carbons (Fsp3) is 0.167. The molecule has 0 unspecified atom stereocenters. The van der Waals surface area contributed by atoms with Gasteiger partial charge in [0.15, 0.2) is 6.61 Å². The van der Waals surface area contributed by atoms with E-state index in [1.807, 2.05) is 19.9 Å². The molecule has 0 aliphatic carbocycles. The maximum Gasteiger partial charge on any atom is 0.277 e. The maximum absolute atomic E-state index is 11.7. The summed E-state index contributed by atoms with van der Waals surface area (Å²) in [5.74, 6) is 0.214. The van der Waals surface area contributed by atoms with Gasteiger partial charge in [0.05, 0.1) is 17.8 Å². The molecule has 1 N–H and O–H groups in total. The molecule has 0 heterocycles. The van der Waals surface area contributed by atoms with Crippen molar-refractivity contribution in [2.75, 3.05) is 6.61 Å². The van der Waals surface area contributed by atoms with E-state index in [0.717, 1.165) is 16.7 Å². The van der Waals surface area contributed by atoms with Crippen molar-refractivity contribution >= 4 is 23.7 Å². The SMILES string of the molecule is Cc1cc(OCC(=O)N/N=C/c2ccc(C#N)cc2)cc(C)c1Cl. The highest BCUT2D eigenvalue weighted by Crippen LogP contribution is 2.25. The monoisotopic (exact) mass is 341 g/mol. The minimum atomic E-state index is -0.370. The number of nitrogens with zero attached hydrogens (tertiary/aromatic N) is 2. The molecule has 6 heteroatoms. The number of nitriles is 1. The lowest BCUT2D eigenvalue weighted by molar-refractivity contribution is -0.123. The topological polar surface area (TPSA) is 74.5 Å². The van der Waals surface area contributed by atoms with Crippen LogP contribution in [-0.2, 0) is 4.79 Å². The van der Waals surface area contributed by atoms with Gasteiger partial charge >= 0.3 is 0 Å². The van der Waals surface area contributed by atoms with Crippen LogP contribution in [0.4, 0.5) is 0 Å². The molecule has 0 saturated carbocycles. The number of amides is 1. The molecule has 5 nitrogen and oxygen atoms in total. The highest BCUT2D eigenvalue weighted by Gasteiger charge is 2.06. The number of aryl methyl sites for hydroxylation is 2. The molecule has 0 radical (unpaired) electrons. The summed E-state index contributed by atoms with van der Waals surface area (Å²) in [6.45, 7) is 3.61. The smallest absolute Gasteiger partial charge is 0.277 e. The molecule has 0 saturated heterocycles. The van der Waals surface area contributed by atoms with Gasteiger partial charge in [-0.15, -0.1) is 0 Å². The number of hydrogen-bond donors (Lipinski definition) is 1. The zero-order chi connectivity index (χ0) is 17.5. The predicted octanol–water partition coefficient (Wildman–Crippen LogP) is 3.36. The second-order valence-electron chi connectivity index (χ2n) is 5.19. The van der Waals surface area contributed by atoms with Crippen LogP contribution in [0.25, 0.3) is 0 Å². The van der Waals surface area contributed by atoms with Gasteiger partial charge in [-0.3, -0.25) is 4.79 Å².